The lowest BCUT2D eigenvalue weighted by Gasteiger charge is -2.51. The summed E-state index contributed by atoms with van der Waals surface area (Å²) in [5.41, 5.74) is -0.477. The molecule has 0 aromatic rings. The van der Waals surface area contributed by atoms with Crippen molar-refractivity contribution in [1.29, 1.82) is 0 Å². The lowest BCUT2D eigenvalue weighted by atomic mass is 9.92. The second-order valence-electron chi connectivity index (χ2n) is 25.4. The van der Waals surface area contributed by atoms with Crippen LogP contribution in [0.5, 0.6) is 0 Å². The van der Waals surface area contributed by atoms with Gasteiger partial charge in [0.25, 0.3) is 5.91 Å². The van der Waals surface area contributed by atoms with Gasteiger partial charge in [-0.15, -0.1) is 0 Å². The first-order chi connectivity index (χ1) is 48.9. The van der Waals surface area contributed by atoms with Gasteiger partial charge in [-0.05, 0) is 53.4 Å². The van der Waals surface area contributed by atoms with Crippen molar-refractivity contribution in [2.24, 2.45) is 0 Å². The summed E-state index contributed by atoms with van der Waals surface area (Å²) in [5, 5.41) is 77.4. The second-order valence-corrected chi connectivity index (χ2v) is 25.4. The highest BCUT2D eigenvalue weighted by Gasteiger charge is 2.59. The second kappa shape index (κ2) is 45.4. The van der Waals surface area contributed by atoms with Crippen molar-refractivity contribution in [3.63, 3.8) is 0 Å². The van der Waals surface area contributed by atoms with Crippen molar-refractivity contribution in [3.8, 4) is 0 Å². The summed E-state index contributed by atoms with van der Waals surface area (Å²) in [4.78, 5) is 133. The van der Waals surface area contributed by atoms with Crippen molar-refractivity contribution >= 4 is 59.4 Å². The highest BCUT2D eigenvalue weighted by atomic mass is 16.8. The van der Waals surface area contributed by atoms with Gasteiger partial charge in [0.2, 0.25) is 17.7 Å². The first-order valence-electron chi connectivity index (χ1n) is 34.4. The molecule has 4 amide bonds. The molecule has 0 radical (unpaired) electrons. The van der Waals surface area contributed by atoms with Crippen LogP contribution >= 0.6 is 0 Å². The van der Waals surface area contributed by atoms with Gasteiger partial charge in [-0.2, -0.15) is 0 Å². The van der Waals surface area contributed by atoms with E-state index in [2.05, 4.69) is 54.5 Å². The Morgan fingerprint density at radius 2 is 0.796 bits per heavy atom. The Morgan fingerprint density at radius 1 is 0.398 bits per heavy atom. The molecule has 0 aliphatic carbocycles. The molecule has 4 aliphatic heterocycles. The monoisotopic (exact) mass is 1470 g/mol. The normalized spacial score (nSPS) is 29.0. The third kappa shape index (κ3) is 28.5. The Kier molecular flexibility index (Phi) is 39.0. The number of esters is 6. The number of aliphatic hydroxyl groups excluding tert-OH is 6. The highest BCUT2D eigenvalue weighted by Crippen LogP contribution is 2.37. The van der Waals surface area contributed by atoms with Crippen molar-refractivity contribution in [3.05, 3.63) is 48.6 Å². The van der Waals surface area contributed by atoms with Gasteiger partial charge in [0.1, 0.15) is 131 Å². The summed E-state index contributed by atoms with van der Waals surface area (Å²) >= 11 is 0. The van der Waals surface area contributed by atoms with Crippen LogP contribution < -0.4 is 21.3 Å². The molecule has 4 rings (SSSR count). The van der Waals surface area contributed by atoms with E-state index in [0.29, 0.717) is 19.3 Å². The Balaban J connectivity index is 1.99. The number of ether oxygens (including phenoxy) is 15. The fourth-order valence-electron chi connectivity index (χ4n) is 11.1. The molecule has 4 saturated heterocycles. The number of carbonyl (C=O) groups excluding carboxylic acids is 10. The van der Waals surface area contributed by atoms with E-state index in [0.717, 1.165) is 52.4 Å². The van der Waals surface area contributed by atoms with Gasteiger partial charge in [-0.1, -0.05) is 85.1 Å². The van der Waals surface area contributed by atoms with E-state index < -0.39 is 235 Å². The van der Waals surface area contributed by atoms with E-state index in [4.69, 9.17) is 71.1 Å². The molecule has 0 aromatic carbocycles. The summed E-state index contributed by atoms with van der Waals surface area (Å²) in [6, 6.07) is -7.13. The Labute approximate surface area is 598 Å². The highest BCUT2D eigenvalue weighted by molar-refractivity contribution is 5.92. The number of rotatable bonds is 44. The number of unbranched alkanes of at least 4 members (excludes halogenated alkanes) is 8. The first-order valence-corrected chi connectivity index (χ1v) is 34.4. The van der Waals surface area contributed by atoms with Gasteiger partial charge in [0, 0.05) is 62.4 Å². The van der Waals surface area contributed by atoms with E-state index >= 15 is 0 Å². The first kappa shape index (κ1) is 88.5. The molecule has 103 heavy (non-hydrogen) atoms. The number of hydrogen-bond donors (Lipinski definition) is 10. The molecule has 0 aromatic heterocycles. The molecule has 35 nitrogen and oxygen atoms in total. The predicted molar refractivity (Wildman–Crippen MR) is 354 cm³/mol. The Bertz CT molecular complexity index is 2840. The smallest absolute Gasteiger partial charge is 0.333 e. The van der Waals surface area contributed by atoms with Crippen LogP contribution in [0.2, 0.25) is 0 Å². The molecular weight excluding hydrogens is 1370 g/mol. The van der Waals surface area contributed by atoms with E-state index in [1.54, 1.807) is 0 Å². The van der Waals surface area contributed by atoms with Gasteiger partial charge in [0.05, 0.1) is 0 Å². The van der Waals surface area contributed by atoms with E-state index in [9.17, 15) is 78.6 Å². The third-order valence-corrected chi connectivity index (χ3v) is 16.4. The fourth-order valence-corrected chi connectivity index (χ4v) is 11.1. The van der Waals surface area contributed by atoms with Gasteiger partial charge in [-0.3, -0.25) is 24.0 Å². The summed E-state index contributed by atoms with van der Waals surface area (Å²) in [6.07, 6.45) is -23.3. The zero-order chi connectivity index (χ0) is 76.6. The number of carbonyl (C=O) groups is 10. The van der Waals surface area contributed by atoms with Crippen LogP contribution in [-0.4, -0.2) is 279 Å². The standard InChI is InChI=1S/C68H106N4O31/c1-13-15-17-18-19-23-27-90-65-49(69-39(11)76)54(83)57(42(96-65)30-91-47(80)28-74)102-68-52(70-40(12)77)60(100-46(79)24-20-21-25-73)59(44(99-68)33-94-63(87)37(7)8)103-67-51(72-61(85)35(3)4)55(84)58(43(98-67)31-92-48(81)29-75)101-66-50(71-45(78)34-95-64(88)38(9)10)53(82)56(89-26-22-16-14-2)41(97-66)32-93-62(86)36(5)6/h41-44,49-60,65-68,73-75,82-84H,3,5,7,9,13-34H2,1-2,4,6,8,10-12H3,(H,69,76)(H,70,77)(H,71,78)(H,72,85)/t41?,42?,43?,44?,49?,50?,51?,52?,53-,54-,55-,56-,57-,58-,59-,60-,65-,66+,67+,68+/m1/s1. The third-order valence-electron chi connectivity index (χ3n) is 16.4. The number of amides is 4. The lowest BCUT2D eigenvalue weighted by Crippen LogP contribution is -2.72. The Hall–Kier alpha value is -6.94. The van der Waals surface area contributed by atoms with Crippen LogP contribution in [0.4, 0.5) is 0 Å². The predicted octanol–water partition coefficient (Wildman–Crippen LogP) is -0.865. The molecule has 4 heterocycles. The van der Waals surface area contributed by atoms with Crippen molar-refractivity contribution < 1.29 is 150 Å². The Morgan fingerprint density at radius 3 is 1.29 bits per heavy atom. The molecule has 0 bridgehead atoms. The van der Waals surface area contributed by atoms with Crippen LogP contribution in [0, 0.1) is 0 Å². The van der Waals surface area contributed by atoms with Crippen molar-refractivity contribution in [2.75, 3.05) is 66.1 Å². The number of hydrogen-bond acceptors (Lipinski definition) is 31. The molecule has 4 fully saturated rings. The molecule has 0 saturated carbocycles. The van der Waals surface area contributed by atoms with Crippen LogP contribution in [0.1, 0.15) is 132 Å². The number of aliphatic hydroxyl groups is 6. The quantitative estimate of drug-likeness (QED) is 0.0153. The van der Waals surface area contributed by atoms with Gasteiger partial charge in [0.15, 0.2) is 37.9 Å². The molecular formula is C68H106N4O31. The van der Waals surface area contributed by atoms with E-state index in [1.807, 2.05) is 6.92 Å². The maximum absolute atomic E-state index is 14.3. The molecule has 20 atom stereocenters. The average molecular weight is 1480 g/mol. The molecule has 35 heteroatoms. The summed E-state index contributed by atoms with van der Waals surface area (Å²) in [6.45, 7) is 18.9. The van der Waals surface area contributed by atoms with Crippen LogP contribution in [-0.2, 0) is 119 Å². The maximum atomic E-state index is 14.3. The van der Waals surface area contributed by atoms with E-state index in [1.165, 1.54) is 27.7 Å². The van der Waals surface area contributed by atoms with Crippen molar-refractivity contribution in [2.45, 2.75) is 255 Å². The zero-order valence-corrected chi connectivity index (χ0v) is 59.8. The average Bonchev–Trinajstić information content (AvgIpc) is 0.771. The molecule has 584 valence electrons. The topological polar surface area (TPSA) is 479 Å². The van der Waals surface area contributed by atoms with Gasteiger partial charge >= 0.3 is 35.8 Å². The summed E-state index contributed by atoms with van der Waals surface area (Å²) in [7, 11) is 0. The maximum Gasteiger partial charge on any atom is 0.333 e. The van der Waals surface area contributed by atoms with Crippen LogP contribution in [0.25, 0.3) is 0 Å². The van der Waals surface area contributed by atoms with Gasteiger partial charge in [-0.25, -0.2) is 24.0 Å². The lowest BCUT2D eigenvalue weighted by molar-refractivity contribution is -0.363. The zero-order valence-electron chi connectivity index (χ0n) is 59.8. The summed E-state index contributed by atoms with van der Waals surface area (Å²) < 4.78 is 91.1. The molecule has 10 N–H and O–H groups in total. The van der Waals surface area contributed by atoms with Crippen LogP contribution in [0.3, 0.4) is 0 Å². The molecule has 4 aliphatic rings. The van der Waals surface area contributed by atoms with Gasteiger partial charge < -0.3 is 123 Å². The van der Waals surface area contributed by atoms with Crippen molar-refractivity contribution in [1.82, 2.24) is 21.3 Å². The number of nitrogens with one attached hydrogen (secondary N) is 4. The molecule has 8 unspecified atom stereocenters. The van der Waals surface area contributed by atoms with E-state index in [-0.39, 0.29) is 55.0 Å². The SMILES string of the molecule is C=C(C)C(=O)NC1[C@H](O[C@@H]2C(COC(=O)C(=C)C)O[C@@H](O[C@@H]3C(COC(=O)CO)O[C@@H](OCCCCCCCC)C(NC(C)=O)[C@H]3O)C(NC(C)=O)[C@H]2OC(=O)CCCCO)OC(COC(=O)CO)[C@@H](O[C@@H]2OC(COC(=O)C(=C)C)[C@@H](OCCCCC)[C@H](O)C2NC(=O)COC(=O)C(=C)C)[C@@H]1O. The minimum absolute atomic E-state index is 0.00270. The molecule has 0 spiro atoms. The largest absolute Gasteiger partial charge is 0.461 e. The van der Waals surface area contributed by atoms with Crippen LogP contribution in [0.15, 0.2) is 48.6 Å². The summed E-state index contributed by atoms with van der Waals surface area (Å²) in [5.74, 6) is -10.0. The minimum Gasteiger partial charge on any atom is -0.461 e. The minimum atomic E-state index is -2.26. The fraction of sp³-hybridized carbons (Fsp3) is 0.735.